The Bertz CT molecular complexity index is 321. The van der Waals surface area contributed by atoms with Gasteiger partial charge < -0.3 is 16.6 Å². The summed E-state index contributed by atoms with van der Waals surface area (Å²) in [6.07, 6.45) is 2.09. The van der Waals surface area contributed by atoms with Gasteiger partial charge in [-0.1, -0.05) is 0 Å². The second kappa shape index (κ2) is 2.23. The second-order valence-electron chi connectivity index (χ2n) is 2.98. The number of aromatic nitrogens is 2. The minimum Gasteiger partial charge on any atom is -0.503 e. The highest BCUT2D eigenvalue weighted by molar-refractivity contribution is 5.52. The van der Waals surface area contributed by atoms with E-state index >= 15 is 0 Å². The molecule has 0 aliphatic heterocycles. The van der Waals surface area contributed by atoms with E-state index in [0.717, 1.165) is 12.8 Å². The van der Waals surface area contributed by atoms with Gasteiger partial charge in [0.15, 0.2) is 11.6 Å². The summed E-state index contributed by atoms with van der Waals surface area (Å²) in [6, 6.07) is 0. The lowest BCUT2D eigenvalue weighted by molar-refractivity contribution is 0.464. The third-order valence-electron chi connectivity index (χ3n) is 1.92. The molecular weight excluding hydrogens is 156 g/mol. The summed E-state index contributed by atoms with van der Waals surface area (Å²) in [5.74, 6) is 0.529. The Balaban J connectivity index is 2.51. The van der Waals surface area contributed by atoms with E-state index < -0.39 is 0 Å². The molecule has 0 radical (unpaired) electrons. The maximum Gasteiger partial charge on any atom is 0.222 e. The molecule has 1 aromatic rings. The summed E-state index contributed by atoms with van der Waals surface area (Å²) >= 11 is 0. The van der Waals surface area contributed by atoms with Crippen molar-refractivity contribution in [1.29, 1.82) is 0 Å². The Morgan fingerprint density at radius 3 is 2.50 bits per heavy atom. The lowest BCUT2D eigenvalue weighted by Gasteiger charge is -2.04. The molecule has 1 aromatic heterocycles. The molecular formula is C7H10N4O. The highest BCUT2D eigenvalue weighted by Crippen LogP contribution is 2.44. The standard InChI is InChI=1S/C7H10N4O/c8-6-5(12)4(3-1-2-3)10-7(9)11-6/h3,12H,1-2H2,(H4,8,9,10,11). The van der Waals surface area contributed by atoms with Gasteiger partial charge in [-0.05, 0) is 12.8 Å². The summed E-state index contributed by atoms with van der Waals surface area (Å²) in [5.41, 5.74) is 11.4. The quantitative estimate of drug-likeness (QED) is 0.554. The van der Waals surface area contributed by atoms with Gasteiger partial charge in [-0.25, -0.2) is 4.98 Å². The van der Waals surface area contributed by atoms with E-state index in [4.69, 9.17) is 11.5 Å². The van der Waals surface area contributed by atoms with Crippen LogP contribution in [0.5, 0.6) is 5.75 Å². The number of anilines is 2. The minimum absolute atomic E-state index is 0.00769. The minimum atomic E-state index is -0.00769. The summed E-state index contributed by atoms with van der Waals surface area (Å²) in [4.78, 5) is 7.57. The van der Waals surface area contributed by atoms with Crippen LogP contribution in [0.15, 0.2) is 0 Å². The first-order valence-corrected chi connectivity index (χ1v) is 3.80. The van der Waals surface area contributed by atoms with Crippen molar-refractivity contribution in [2.75, 3.05) is 11.5 Å². The van der Waals surface area contributed by atoms with Gasteiger partial charge in [0.1, 0.15) is 0 Å². The molecule has 5 nitrogen and oxygen atoms in total. The van der Waals surface area contributed by atoms with Crippen LogP contribution in [0, 0.1) is 0 Å². The van der Waals surface area contributed by atoms with E-state index in [1.54, 1.807) is 0 Å². The fourth-order valence-electron chi connectivity index (χ4n) is 1.15. The lowest BCUT2D eigenvalue weighted by Crippen LogP contribution is -2.03. The number of aromatic hydroxyl groups is 1. The summed E-state index contributed by atoms with van der Waals surface area (Å²) in [6.45, 7) is 0. The van der Waals surface area contributed by atoms with Gasteiger partial charge in [-0.2, -0.15) is 4.98 Å². The molecule has 1 aliphatic rings. The molecule has 0 bridgehead atoms. The molecule has 12 heavy (non-hydrogen) atoms. The predicted molar refractivity (Wildman–Crippen MR) is 44.5 cm³/mol. The van der Waals surface area contributed by atoms with Crippen LogP contribution >= 0.6 is 0 Å². The van der Waals surface area contributed by atoms with E-state index in [1.165, 1.54) is 0 Å². The number of rotatable bonds is 1. The van der Waals surface area contributed by atoms with E-state index in [-0.39, 0.29) is 17.5 Å². The molecule has 1 saturated carbocycles. The van der Waals surface area contributed by atoms with Crippen molar-refractivity contribution in [3.05, 3.63) is 5.69 Å². The Kier molecular flexibility index (Phi) is 1.33. The Morgan fingerprint density at radius 1 is 1.25 bits per heavy atom. The molecule has 1 aliphatic carbocycles. The van der Waals surface area contributed by atoms with E-state index in [9.17, 15) is 5.11 Å². The van der Waals surface area contributed by atoms with Crippen molar-refractivity contribution < 1.29 is 5.11 Å². The highest BCUT2D eigenvalue weighted by Gasteiger charge is 2.29. The lowest BCUT2D eigenvalue weighted by atomic mass is 10.2. The largest absolute Gasteiger partial charge is 0.503 e. The third-order valence-corrected chi connectivity index (χ3v) is 1.92. The topological polar surface area (TPSA) is 98.0 Å². The number of nitrogens with two attached hydrogens (primary N) is 2. The zero-order valence-electron chi connectivity index (χ0n) is 6.49. The summed E-state index contributed by atoms with van der Waals surface area (Å²) < 4.78 is 0. The van der Waals surface area contributed by atoms with Crippen molar-refractivity contribution in [2.24, 2.45) is 0 Å². The molecule has 0 spiro atoms. The number of hydrogen-bond donors (Lipinski definition) is 3. The van der Waals surface area contributed by atoms with Crippen molar-refractivity contribution in [1.82, 2.24) is 9.97 Å². The Morgan fingerprint density at radius 2 is 1.92 bits per heavy atom. The molecule has 0 saturated heterocycles. The van der Waals surface area contributed by atoms with Crippen LogP contribution in [-0.2, 0) is 0 Å². The van der Waals surface area contributed by atoms with Crippen LogP contribution in [0.3, 0.4) is 0 Å². The molecule has 5 heteroatoms. The van der Waals surface area contributed by atoms with E-state index in [1.807, 2.05) is 0 Å². The van der Waals surface area contributed by atoms with Gasteiger partial charge in [0.05, 0.1) is 5.69 Å². The second-order valence-corrected chi connectivity index (χ2v) is 2.98. The molecule has 1 fully saturated rings. The Hall–Kier alpha value is -1.52. The highest BCUT2D eigenvalue weighted by atomic mass is 16.3. The number of nitrogens with zero attached hydrogens (tertiary/aromatic N) is 2. The Labute approximate surface area is 69.4 Å². The molecule has 1 heterocycles. The van der Waals surface area contributed by atoms with Gasteiger partial charge >= 0.3 is 0 Å². The zero-order chi connectivity index (χ0) is 8.72. The van der Waals surface area contributed by atoms with Gasteiger partial charge in [0, 0.05) is 5.92 Å². The molecule has 0 aromatic carbocycles. The average Bonchev–Trinajstić information content (AvgIpc) is 2.79. The number of nitrogen functional groups attached to an aromatic ring is 2. The van der Waals surface area contributed by atoms with Crippen molar-refractivity contribution in [3.63, 3.8) is 0 Å². The maximum atomic E-state index is 9.43. The van der Waals surface area contributed by atoms with E-state index in [2.05, 4.69) is 9.97 Å². The van der Waals surface area contributed by atoms with Gasteiger partial charge in [-0.3, -0.25) is 0 Å². The van der Waals surface area contributed by atoms with Gasteiger partial charge in [-0.15, -0.1) is 0 Å². The van der Waals surface area contributed by atoms with Crippen LogP contribution in [0.2, 0.25) is 0 Å². The fourth-order valence-corrected chi connectivity index (χ4v) is 1.15. The van der Waals surface area contributed by atoms with Crippen molar-refractivity contribution in [2.45, 2.75) is 18.8 Å². The van der Waals surface area contributed by atoms with Crippen molar-refractivity contribution in [3.8, 4) is 5.75 Å². The van der Waals surface area contributed by atoms with Crippen LogP contribution in [-0.4, -0.2) is 15.1 Å². The zero-order valence-corrected chi connectivity index (χ0v) is 6.49. The molecule has 5 N–H and O–H groups in total. The molecule has 64 valence electrons. The molecule has 0 amide bonds. The SMILES string of the molecule is Nc1nc(N)c(O)c(C2CC2)n1. The normalized spacial score (nSPS) is 16.3. The predicted octanol–water partition coefficient (Wildman–Crippen LogP) is 0.224. The third kappa shape index (κ3) is 1.03. The fraction of sp³-hybridized carbons (Fsp3) is 0.429. The van der Waals surface area contributed by atoms with Crippen LogP contribution in [0.4, 0.5) is 11.8 Å². The molecule has 2 rings (SSSR count). The van der Waals surface area contributed by atoms with E-state index in [0.29, 0.717) is 11.6 Å². The molecule has 0 atom stereocenters. The first-order chi connectivity index (χ1) is 5.68. The van der Waals surface area contributed by atoms with Gasteiger partial charge in [0.2, 0.25) is 5.95 Å². The first kappa shape index (κ1) is 7.15. The maximum absolute atomic E-state index is 9.43. The monoisotopic (exact) mass is 166 g/mol. The van der Waals surface area contributed by atoms with Crippen molar-refractivity contribution >= 4 is 11.8 Å². The van der Waals surface area contributed by atoms with Crippen LogP contribution < -0.4 is 11.5 Å². The number of hydrogen-bond acceptors (Lipinski definition) is 5. The first-order valence-electron chi connectivity index (χ1n) is 3.80. The molecule has 0 unspecified atom stereocenters. The summed E-state index contributed by atoms with van der Waals surface area (Å²) in [5, 5.41) is 9.43. The van der Waals surface area contributed by atoms with Crippen LogP contribution in [0.1, 0.15) is 24.5 Å². The summed E-state index contributed by atoms with van der Waals surface area (Å²) in [7, 11) is 0. The average molecular weight is 166 g/mol. The van der Waals surface area contributed by atoms with Gasteiger partial charge in [0.25, 0.3) is 0 Å². The van der Waals surface area contributed by atoms with Crippen LogP contribution in [0.25, 0.3) is 0 Å². The smallest absolute Gasteiger partial charge is 0.222 e.